The zero-order valence-electron chi connectivity index (χ0n) is 14.3. The van der Waals surface area contributed by atoms with Gasteiger partial charge in [0.15, 0.2) is 11.7 Å². The van der Waals surface area contributed by atoms with Crippen LogP contribution in [0.4, 0.5) is 0 Å². The lowest BCUT2D eigenvalue weighted by Gasteiger charge is -2.24. The summed E-state index contributed by atoms with van der Waals surface area (Å²) < 4.78 is 5.16. The summed E-state index contributed by atoms with van der Waals surface area (Å²) in [6.07, 6.45) is 4.82. The normalized spacial score (nSPS) is 17.8. The molecule has 1 saturated heterocycles. The highest BCUT2D eigenvalue weighted by Gasteiger charge is 2.14. The van der Waals surface area contributed by atoms with Crippen molar-refractivity contribution in [3.05, 3.63) is 23.7 Å². The van der Waals surface area contributed by atoms with E-state index in [9.17, 15) is 4.79 Å². The molecule has 1 atom stereocenters. The minimum Gasteiger partial charge on any atom is -0.459 e. The second-order valence-electron chi connectivity index (χ2n) is 5.60. The van der Waals surface area contributed by atoms with Crippen molar-refractivity contribution >= 4 is 47.6 Å². The van der Waals surface area contributed by atoms with Gasteiger partial charge in [-0.3, -0.25) is 9.79 Å². The molecule has 0 spiro atoms. The molecule has 0 aromatic carbocycles. The van der Waals surface area contributed by atoms with Gasteiger partial charge in [0.1, 0.15) is 0 Å². The molecule has 8 heteroatoms. The van der Waals surface area contributed by atoms with Crippen LogP contribution in [0.5, 0.6) is 0 Å². The van der Waals surface area contributed by atoms with Gasteiger partial charge in [0.05, 0.1) is 6.26 Å². The van der Waals surface area contributed by atoms with E-state index in [2.05, 4.69) is 20.9 Å². The molecular formula is C16H27IN4O2S. The number of aliphatic imine (C=N–C) groups is 1. The Bertz CT molecular complexity index is 530. The number of amides is 1. The number of thioether (sulfide) groups is 1. The maximum absolute atomic E-state index is 11.9. The van der Waals surface area contributed by atoms with E-state index in [1.54, 1.807) is 13.1 Å². The molecule has 0 aliphatic carbocycles. The molecule has 0 radical (unpaired) electrons. The highest BCUT2D eigenvalue weighted by Crippen LogP contribution is 2.16. The zero-order valence-corrected chi connectivity index (χ0v) is 17.4. The van der Waals surface area contributed by atoms with Gasteiger partial charge in [0.25, 0.3) is 5.91 Å². The van der Waals surface area contributed by atoms with Crippen LogP contribution in [-0.2, 0) is 0 Å². The summed E-state index contributed by atoms with van der Waals surface area (Å²) in [5.74, 6) is 3.48. The fourth-order valence-corrected chi connectivity index (χ4v) is 3.50. The van der Waals surface area contributed by atoms with Crippen LogP contribution in [-0.4, -0.2) is 49.6 Å². The average molecular weight is 466 g/mol. The van der Waals surface area contributed by atoms with Crippen molar-refractivity contribution in [1.82, 2.24) is 16.0 Å². The summed E-state index contributed by atoms with van der Waals surface area (Å²) in [5.41, 5.74) is 0.857. The van der Waals surface area contributed by atoms with Gasteiger partial charge in [-0.25, -0.2) is 0 Å². The first-order chi connectivity index (χ1) is 11.2. The minimum absolute atomic E-state index is 0. The molecule has 1 aromatic rings. The van der Waals surface area contributed by atoms with Crippen molar-refractivity contribution in [2.24, 2.45) is 4.99 Å². The van der Waals surface area contributed by atoms with Crippen LogP contribution < -0.4 is 16.0 Å². The molecule has 2 rings (SSSR count). The van der Waals surface area contributed by atoms with Gasteiger partial charge in [0, 0.05) is 37.5 Å². The second kappa shape index (κ2) is 11.6. The number of carbonyl (C=O) groups is 1. The molecule has 1 aliphatic rings. The Morgan fingerprint density at radius 1 is 1.42 bits per heavy atom. The van der Waals surface area contributed by atoms with Crippen LogP contribution >= 0.6 is 35.7 Å². The quantitative estimate of drug-likeness (QED) is 0.260. The van der Waals surface area contributed by atoms with Crippen LogP contribution in [0, 0.1) is 6.92 Å². The van der Waals surface area contributed by atoms with Crippen molar-refractivity contribution in [1.29, 1.82) is 0 Å². The van der Waals surface area contributed by atoms with Gasteiger partial charge >= 0.3 is 0 Å². The molecule has 3 N–H and O–H groups in total. The molecule has 136 valence electrons. The van der Waals surface area contributed by atoms with Crippen molar-refractivity contribution in [3.8, 4) is 0 Å². The Morgan fingerprint density at radius 2 is 2.21 bits per heavy atom. The highest BCUT2D eigenvalue weighted by atomic mass is 127. The van der Waals surface area contributed by atoms with Gasteiger partial charge in [-0.1, -0.05) is 0 Å². The lowest BCUT2D eigenvalue weighted by Crippen LogP contribution is -2.46. The van der Waals surface area contributed by atoms with Gasteiger partial charge in [-0.15, -0.1) is 24.0 Å². The van der Waals surface area contributed by atoms with Crippen LogP contribution in [0.15, 0.2) is 21.7 Å². The van der Waals surface area contributed by atoms with Gasteiger partial charge in [0.2, 0.25) is 0 Å². The zero-order chi connectivity index (χ0) is 16.5. The number of rotatable bonds is 6. The summed E-state index contributed by atoms with van der Waals surface area (Å²) >= 11 is 1.99. The Morgan fingerprint density at radius 3 is 2.83 bits per heavy atom. The lowest BCUT2D eigenvalue weighted by molar-refractivity contribution is 0.0925. The van der Waals surface area contributed by atoms with Crippen LogP contribution in [0.25, 0.3) is 0 Å². The average Bonchev–Trinajstić information content (AvgIpc) is 3.00. The first-order valence-electron chi connectivity index (χ1n) is 8.08. The van der Waals surface area contributed by atoms with Crippen molar-refractivity contribution in [2.45, 2.75) is 32.2 Å². The number of carbonyl (C=O) groups excluding carboxylic acids is 1. The smallest absolute Gasteiger partial charge is 0.287 e. The lowest BCUT2D eigenvalue weighted by atomic mass is 10.2. The second-order valence-corrected chi connectivity index (χ2v) is 6.75. The summed E-state index contributed by atoms with van der Waals surface area (Å²) in [6, 6.07) is 2.29. The molecule has 2 heterocycles. The Kier molecular flexibility index (Phi) is 10.2. The molecule has 1 aromatic heterocycles. The Hall–Kier alpha value is -0.900. The molecule has 0 bridgehead atoms. The Labute approximate surface area is 165 Å². The Balaban J connectivity index is 0.00000288. The molecule has 6 nitrogen and oxygen atoms in total. The number of hydrogen-bond acceptors (Lipinski definition) is 4. The third-order valence-electron chi connectivity index (χ3n) is 3.72. The van der Waals surface area contributed by atoms with Gasteiger partial charge in [-0.05, 0) is 38.0 Å². The standard InChI is InChI=1S/C16H26N4O2S.HI/c1-12-6-9-22-14(12)15(21)18-7-4-8-19-16(17-2)20-13-5-3-10-23-11-13;/h6,9,13H,3-5,7-8,10-11H2,1-2H3,(H,18,21)(H2,17,19,20);1H. The number of nitrogens with zero attached hydrogens (tertiary/aromatic N) is 1. The summed E-state index contributed by atoms with van der Waals surface area (Å²) in [7, 11) is 1.78. The fraction of sp³-hybridized carbons (Fsp3) is 0.625. The van der Waals surface area contributed by atoms with Crippen LogP contribution in [0.1, 0.15) is 35.4 Å². The van der Waals surface area contributed by atoms with E-state index in [1.165, 1.54) is 24.9 Å². The first-order valence-corrected chi connectivity index (χ1v) is 9.23. The fourth-order valence-electron chi connectivity index (χ4n) is 2.43. The maximum Gasteiger partial charge on any atom is 0.287 e. The monoisotopic (exact) mass is 466 g/mol. The number of aryl methyl sites for hydroxylation is 1. The van der Waals surface area contributed by atoms with E-state index in [4.69, 9.17) is 4.42 Å². The number of guanidine groups is 1. The SMILES string of the molecule is CN=C(NCCCNC(=O)c1occc1C)NC1CCCSC1.I. The van der Waals surface area contributed by atoms with E-state index < -0.39 is 0 Å². The van der Waals surface area contributed by atoms with E-state index in [0.717, 1.165) is 30.2 Å². The van der Waals surface area contributed by atoms with Gasteiger partial charge < -0.3 is 20.4 Å². The summed E-state index contributed by atoms with van der Waals surface area (Å²) in [4.78, 5) is 16.1. The first kappa shape index (κ1) is 21.1. The van der Waals surface area contributed by atoms with Gasteiger partial charge in [-0.2, -0.15) is 11.8 Å². The molecule has 0 saturated carbocycles. The van der Waals surface area contributed by atoms with Crippen molar-refractivity contribution in [2.75, 3.05) is 31.6 Å². The predicted molar refractivity (Wildman–Crippen MR) is 111 cm³/mol. The van der Waals surface area contributed by atoms with E-state index in [1.807, 2.05) is 18.7 Å². The minimum atomic E-state index is -0.158. The van der Waals surface area contributed by atoms with E-state index in [0.29, 0.717) is 18.3 Å². The van der Waals surface area contributed by atoms with Crippen LogP contribution in [0.3, 0.4) is 0 Å². The molecule has 24 heavy (non-hydrogen) atoms. The molecule has 1 aliphatic heterocycles. The topological polar surface area (TPSA) is 78.7 Å². The van der Waals surface area contributed by atoms with E-state index in [-0.39, 0.29) is 29.9 Å². The molecule has 1 amide bonds. The summed E-state index contributed by atoms with van der Waals surface area (Å²) in [5, 5.41) is 9.61. The number of furan rings is 1. The summed E-state index contributed by atoms with van der Waals surface area (Å²) in [6.45, 7) is 3.22. The molecular weight excluding hydrogens is 439 g/mol. The number of halogens is 1. The maximum atomic E-state index is 11.9. The van der Waals surface area contributed by atoms with Crippen molar-refractivity contribution in [3.63, 3.8) is 0 Å². The predicted octanol–water partition coefficient (Wildman–Crippen LogP) is 2.39. The number of hydrogen-bond donors (Lipinski definition) is 3. The third-order valence-corrected chi connectivity index (χ3v) is 4.94. The largest absolute Gasteiger partial charge is 0.459 e. The van der Waals surface area contributed by atoms with Crippen molar-refractivity contribution < 1.29 is 9.21 Å². The highest BCUT2D eigenvalue weighted by molar-refractivity contribution is 14.0. The third kappa shape index (κ3) is 6.92. The number of nitrogens with one attached hydrogen (secondary N) is 3. The van der Waals surface area contributed by atoms with E-state index >= 15 is 0 Å². The molecule has 1 unspecified atom stereocenters. The van der Waals surface area contributed by atoms with Crippen LogP contribution in [0.2, 0.25) is 0 Å². The molecule has 1 fully saturated rings.